The standard InChI is InChI=1S/C24H34N4O5S/c1-34-14-11-17(21(29)27-19(24(32)33)15-16-7-3-2-4-8-16)26-22(30)20-10-6-13-28(20)23(31)18-9-5-12-25-18/h2-4,7-8,17-20,25H,5-6,9-15H2,1H3,(H,26,30)(H,27,29)(H,32,33). The van der Waals surface area contributed by atoms with Crippen LogP contribution in [0.5, 0.6) is 0 Å². The van der Waals surface area contributed by atoms with Gasteiger partial charge in [-0.05, 0) is 56.2 Å². The fourth-order valence-electron chi connectivity index (χ4n) is 4.49. The molecule has 0 aromatic heterocycles. The van der Waals surface area contributed by atoms with Crippen molar-refractivity contribution in [1.29, 1.82) is 0 Å². The van der Waals surface area contributed by atoms with E-state index in [1.807, 2.05) is 24.5 Å². The minimum absolute atomic E-state index is 0.0610. The van der Waals surface area contributed by atoms with Gasteiger partial charge < -0.3 is 26.0 Å². The number of carboxylic acid groups (broad SMARTS) is 1. The number of amides is 3. The third-order valence-corrected chi connectivity index (χ3v) is 6.98. The molecule has 2 fully saturated rings. The van der Waals surface area contributed by atoms with Crippen LogP contribution in [0.25, 0.3) is 0 Å². The number of hydrogen-bond donors (Lipinski definition) is 4. The van der Waals surface area contributed by atoms with Gasteiger partial charge in [0.05, 0.1) is 6.04 Å². The van der Waals surface area contributed by atoms with Gasteiger partial charge in [0.15, 0.2) is 0 Å². The lowest BCUT2D eigenvalue weighted by Gasteiger charge is -2.28. The van der Waals surface area contributed by atoms with Crippen LogP contribution in [-0.2, 0) is 25.6 Å². The van der Waals surface area contributed by atoms with Crippen molar-refractivity contribution in [1.82, 2.24) is 20.9 Å². The lowest BCUT2D eigenvalue weighted by atomic mass is 10.0. The van der Waals surface area contributed by atoms with Crippen molar-refractivity contribution >= 4 is 35.5 Å². The van der Waals surface area contributed by atoms with E-state index in [1.54, 1.807) is 17.0 Å². The van der Waals surface area contributed by atoms with Crippen molar-refractivity contribution in [2.24, 2.45) is 0 Å². The molecule has 4 atom stereocenters. The van der Waals surface area contributed by atoms with Gasteiger partial charge in [-0.1, -0.05) is 30.3 Å². The molecule has 3 rings (SSSR count). The van der Waals surface area contributed by atoms with Gasteiger partial charge in [-0.15, -0.1) is 0 Å². The highest BCUT2D eigenvalue weighted by Crippen LogP contribution is 2.21. The van der Waals surface area contributed by atoms with Crippen molar-refractivity contribution in [3.8, 4) is 0 Å². The predicted octanol–water partition coefficient (Wildman–Crippen LogP) is 0.779. The van der Waals surface area contributed by atoms with Gasteiger partial charge in [-0.2, -0.15) is 11.8 Å². The fourth-order valence-corrected chi connectivity index (χ4v) is 4.96. The van der Waals surface area contributed by atoms with Crippen LogP contribution < -0.4 is 16.0 Å². The molecule has 0 bridgehead atoms. The fraction of sp³-hybridized carbons (Fsp3) is 0.583. The average Bonchev–Trinajstić information content (AvgIpc) is 3.54. The van der Waals surface area contributed by atoms with Crippen molar-refractivity contribution in [2.45, 2.75) is 62.7 Å². The van der Waals surface area contributed by atoms with Crippen LogP contribution in [0.3, 0.4) is 0 Å². The van der Waals surface area contributed by atoms with Crippen molar-refractivity contribution < 1.29 is 24.3 Å². The van der Waals surface area contributed by atoms with E-state index in [-0.39, 0.29) is 24.3 Å². The quantitative estimate of drug-likeness (QED) is 0.361. The Kier molecular flexibility index (Phi) is 9.76. The number of likely N-dealkylation sites (tertiary alicyclic amines) is 1. The zero-order valence-electron chi connectivity index (χ0n) is 19.5. The highest BCUT2D eigenvalue weighted by atomic mass is 32.2. The zero-order chi connectivity index (χ0) is 24.5. The first-order valence-corrected chi connectivity index (χ1v) is 13.2. The molecule has 3 amide bonds. The molecule has 10 heteroatoms. The summed E-state index contributed by atoms with van der Waals surface area (Å²) in [5, 5.41) is 18.2. The van der Waals surface area contributed by atoms with Gasteiger partial charge in [-0.3, -0.25) is 14.4 Å². The molecule has 9 nitrogen and oxygen atoms in total. The number of thioether (sulfide) groups is 1. The van der Waals surface area contributed by atoms with Gasteiger partial charge in [0.1, 0.15) is 18.1 Å². The summed E-state index contributed by atoms with van der Waals surface area (Å²) in [5.74, 6) is -1.47. The summed E-state index contributed by atoms with van der Waals surface area (Å²) in [6, 6.07) is 6.23. The summed E-state index contributed by atoms with van der Waals surface area (Å²) < 4.78 is 0. The number of carbonyl (C=O) groups excluding carboxylic acids is 3. The molecule has 34 heavy (non-hydrogen) atoms. The molecule has 0 radical (unpaired) electrons. The molecule has 4 unspecified atom stereocenters. The van der Waals surface area contributed by atoms with E-state index in [0.717, 1.165) is 31.4 Å². The van der Waals surface area contributed by atoms with Crippen LogP contribution >= 0.6 is 11.8 Å². The summed E-state index contributed by atoms with van der Waals surface area (Å²) in [6.45, 7) is 1.32. The Morgan fingerprint density at radius 1 is 1.12 bits per heavy atom. The van der Waals surface area contributed by atoms with Crippen molar-refractivity contribution in [3.05, 3.63) is 35.9 Å². The van der Waals surface area contributed by atoms with E-state index in [4.69, 9.17) is 0 Å². The Morgan fingerprint density at radius 2 is 1.88 bits per heavy atom. The first-order valence-electron chi connectivity index (χ1n) is 11.8. The van der Waals surface area contributed by atoms with Crippen LogP contribution in [0.15, 0.2) is 30.3 Å². The number of benzene rings is 1. The van der Waals surface area contributed by atoms with Gasteiger partial charge in [0.2, 0.25) is 17.7 Å². The predicted molar refractivity (Wildman–Crippen MR) is 130 cm³/mol. The normalized spacial score (nSPS) is 21.6. The summed E-state index contributed by atoms with van der Waals surface area (Å²) >= 11 is 1.54. The van der Waals surface area contributed by atoms with Crippen LogP contribution in [-0.4, -0.2) is 83.0 Å². The minimum atomic E-state index is -1.14. The van der Waals surface area contributed by atoms with Crippen molar-refractivity contribution in [3.63, 3.8) is 0 Å². The third-order valence-electron chi connectivity index (χ3n) is 6.34. The summed E-state index contributed by atoms with van der Waals surface area (Å²) in [5.41, 5.74) is 0.792. The van der Waals surface area contributed by atoms with E-state index in [0.29, 0.717) is 25.1 Å². The Balaban J connectivity index is 1.65. The molecule has 2 aliphatic heterocycles. The van der Waals surface area contributed by atoms with E-state index in [1.165, 1.54) is 11.8 Å². The first-order chi connectivity index (χ1) is 16.4. The maximum Gasteiger partial charge on any atom is 0.326 e. The van der Waals surface area contributed by atoms with Gasteiger partial charge in [0, 0.05) is 13.0 Å². The number of hydrogen-bond acceptors (Lipinski definition) is 6. The molecule has 2 saturated heterocycles. The molecular weight excluding hydrogens is 456 g/mol. The summed E-state index contributed by atoms with van der Waals surface area (Å²) in [7, 11) is 0. The molecule has 0 spiro atoms. The smallest absolute Gasteiger partial charge is 0.326 e. The minimum Gasteiger partial charge on any atom is -0.480 e. The second kappa shape index (κ2) is 12.8. The largest absolute Gasteiger partial charge is 0.480 e. The van der Waals surface area contributed by atoms with Gasteiger partial charge in [0.25, 0.3) is 0 Å². The van der Waals surface area contributed by atoms with E-state index in [2.05, 4.69) is 16.0 Å². The number of nitrogens with zero attached hydrogens (tertiary/aromatic N) is 1. The highest BCUT2D eigenvalue weighted by molar-refractivity contribution is 7.98. The molecule has 1 aromatic rings. The lowest BCUT2D eigenvalue weighted by molar-refractivity contribution is -0.143. The third kappa shape index (κ3) is 6.96. The summed E-state index contributed by atoms with van der Waals surface area (Å²) in [6.07, 6.45) is 5.39. The number of nitrogens with one attached hydrogen (secondary N) is 3. The van der Waals surface area contributed by atoms with Crippen LogP contribution in [0.2, 0.25) is 0 Å². The maximum atomic E-state index is 13.1. The molecule has 2 aliphatic rings. The van der Waals surface area contributed by atoms with Crippen LogP contribution in [0.1, 0.15) is 37.7 Å². The number of carbonyl (C=O) groups is 4. The second-order valence-electron chi connectivity index (χ2n) is 8.77. The number of carboxylic acids is 1. The topological polar surface area (TPSA) is 128 Å². The number of rotatable bonds is 11. The molecule has 186 valence electrons. The Labute approximate surface area is 204 Å². The first kappa shape index (κ1) is 26.0. The van der Waals surface area contributed by atoms with E-state index < -0.39 is 30.0 Å². The van der Waals surface area contributed by atoms with E-state index in [9.17, 15) is 24.3 Å². The second-order valence-corrected chi connectivity index (χ2v) is 9.76. The van der Waals surface area contributed by atoms with Gasteiger partial charge in [-0.25, -0.2) is 4.79 Å². The Bertz CT molecular complexity index is 862. The highest BCUT2D eigenvalue weighted by Gasteiger charge is 2.39. The van der Waals surface area contributed by atoms with Crippen LogP contribution in [0.4, 0.5) is 0 Å². The molecule has 1 aromatic carbocycles. The van der Waals surface area contributed by atoms with Crippen LogP contribution in [0, 0.1) is 0 Å². The lowest BCUT2D eigenvalue weighted by Crippen LogP contribution is -2.56. The summed E-state index contributed by atoms with van der Waals surface area (Å²) in [4.78, 5) is 52.5. The monoisotopic (exact) mass is 490 g/mol. The number of aliphatic carboxylic acids is 1. The van der Waals surface area contributed by atoms with Gasteiger partial charge >= 0.3 is 5.97 Å². The average molecular weight is 491 g/mol. The van der Waals surface area contributed by atoms with E-state index >= 15 is 0 Å². The molecule has 0 saturated carbocycles. The molecule has 2 heterocycles. The molecule has 4 N–H and O–H groups in total. The Hall–Kier alpha value is -2.59. The van der Waals surface area contributed by atoms with Crippen molar-refractivity contribution in [2.75, 3.05) is 25.1 Å². The SMILES string of the molecule is CSCCC(NC(=O)C1CCCN1C(=O)C1CCCN1)C(=O)NC(Cc1ccccc1)C(=O)O. The molecular formula is C24H34N4O5S. The zero-order valence-corrected chi connectivity index (χ0v) is 20.3. The molecule has 0 aliphatic carbocycles. The maximum absolute atomic E-state index is 13.1. The Morgan fingerprint density at radius 3 is 2.53 bits per heavy atom.